The van der Waals surface area contributed by atoms with Gasteiger partial charge in [0.25, 0.3) is 0 Å². The number of aromatic nitrogens is 2. The van der Waals surface area contributed by atoms with Gasteiger partial charge in [-0.25, -0.2) is 9.59 Å². The van der Waals surface area contributed by atoms with Crippen LogP contribution in [0.4, 0.5) is 10.6 Å². The summed E-state index contributed by atoms with van der Waals surface area (Å²) in [6.45, 7) is 0.136. The Hall–Kier alpha value is -2.67. The fraction of sp³-hybridized carbons (Fsp3) is 0.0625. The molecule has 0 aliphatic heterocycles. The number of halogens is 1. The number of benzene rings is 2. The summed E-state index contributed by atoms with van der Waals surface area (Å²) in [6, 6.07) is 14.6. The Labute approximate surface area is 139 Å². The van der Waals surface area contributed by atoms with Gasteiger partial charge in [-0.15, -0.1) is 0 Å². The second-order valence-corrected chi connectivity index (χ2v) is 5.68. The number of hydrogen-bond donors (Lipinski definition) is 2. The molecule has 1 amide bonds. The highest BCUT2D eigenvalue weighted by atomic mass is 79.9. The number of H-pyrrole nitrogens is 1. The molecular weight excluding hydrogens is 362 g/mol. The van der Waals surface area contributed by atoms with Crippen molar-refractivity contribution in [2.75, 3.05) is 5.32 Å². The zero-order valence-corrected chi connectivity index (χ0v) is 13.5. The van der Waals surface area contributed by atoms with Crippen molar-refractivity contribution in [1.29, 1.82) is 0 Å². The van der Waals surface area contributed by atoms with E-state index in [1.165, 1.54) is 0 Å². The zero-order chi connectivity index (χ0) is 16.2. The number of ether oxygens (including phenoxy) is 1. The van der Waals surface area contributed by atoms with Crippen LogP contribution < -0.4 is 11.0 Å². The molecule has 3 rings (SSSR count). The largest absolute Gasteiger partial charge is 0.444 e. The third-order valence-electron chi connectivity index (χ3n) is 3.12. The van der Waals surface area contributed by atoms with E-state index >= 15 is 0 Å². The van der Waals surface area contributed by atoms with Crippen LogP contribution in [0.5, 0.6) is 0 Å². The minimum Gasteiger partial charge on any atom is -0.444 e. The highest BCUT2D eigenvalue weighted by Crippen LogP contribution is 2.22. The van der Waals surface area contributed by atoms with Crippen LogP contribution in [0.25, 0.3) is 10.9 Å². The molecule has 0 saturated heterocycles. The Morgan fingerprint density at radius 3 is 2.78 bits per heavy atom. The predicted octanol–water partition coefficient (Wildman–Crippen LogP) is 3.43. The smallest absolute Gasteiger partial charge is 0.413 e. The number of carbonyl (C=O) groups excluding carboxylic acids is 1. The molecule has 0 radical (unpaired) electrons. The van der Waals surface area contributed by atoms with Crippen LogP contribution in [0.1, 0.15) is 5.56 Å². The van der Waals surface area contributed by atoms with Crippen molar-refractivity contribution in [2.24, 2.45) is 0 Å². The molecule has 6 nitrogen and oxygen atoms in total. The lowest BCUT2D eigenvalue weighted by atomic mass is 10.2. The first-order valence-corrected chi connectivity index (χ1v) is 7.58. The van der Waals surface area contributed by atoms with Crippen molar-refractivity contribution >= 4 is 38.7 Å². The number of carbonyl (C=O) groups is 1. The molecule has 1 aromatic heterocycles. The van der Waals surface area contributed by atoms with Crippen LogP contribution in [0.3, 0.4) is 0 Å². The molecule has 0 unspecified atom stereocenters. The van der Waals surface area contributed by atoms with Crippen molar-refractivity contribution in [3.8, 4) is 0 Å². The molecule has 2 aromatic carbocycles. The second kappa shape index (κ2) is 6.62. The Morgan fingerprint density at radius 2 is 2.00 bits per heavy atom. The maximum atomic E-state index is 11.9. The summed E-state index contributed by atoms with van der Waals surface area (Å²) in [4.78, 5) is 29.9. The van der Waals surface area contributed by atoms with Crippen LogP contribution >= 0.6 is 15.9 Å². The summed E-state index contributed by atoms with van der Waals surface area (Å²) < 4.78 is 5.94. The monoisotopic (exact) mass is 373 g/mol. The van der Waals surface area contributed by atoms with Gasteiger partial charge in [0.2, 0.25) is 0 Å². The number of amides is 1. The summed E-state index contributed by atoms with van der Waals surface area (Å²) in [7, 11) is 0. The number of hydrogen-bond acceptors (Lipinski definition) is 4. The molecule has 0 bridgehead atoms. The van der Waals surface area contributed by atoms with Crippen LogP contribution in [-0.4, -0.2) is 16.1 Å². The minimum absolute atomic E-state index is 0.136. The van der Waals surface area contributed by atoms with Gasteiger partial charge in [-0.3, -0.25) is 5.32 Å². The van der Waals surface area contributed by atoms with Gasteiger partial charge in [0.1, 0.15) is 6.61 Å². The fourth-order valence-corrected chi connectivity index (χ4v) is 2.44. The average Bonchev–Trinajstić information content (AvgIpc) is 2.54. The van der Waals surface area contributed by atoms with E-state index in [2.05, 4.69) is 31.2 Å². The molecule has 1 heterocycles. The van der Waals surface area contributed by atoms with Crippen molar-refractivity contribution in [3.63, 3.8) is 0 Å². The summed E-state index contributed by atoms with van der Waals surface area (Å²) in [5, 5.41) is 3.12. The van der Waals surface area contributed by atoms with E-state index in [4.69, 9.17) is 4.74 Å². The van der Waals surface area contributed by atoms with Crippen molar-refractivity contribution in [3.05, 3.63) is 69.1 Å². The number of anilines is 1. The van der Waals surface area contributed by atoms with E-state index in [-0.39, 0.29) is 12.4 Å². The number of nitrogens with one attached hydrogen (secondary N) is 2. The highest BCUT2D eigenvalue weighted by molar-refractivity contribution is 9.10. The van der Waals surface area contributed by atoms with E-state index in [0.717, 1.165) is 10.0 Å². The Kier molecular flexibility index (Phi) is 4.38. The van der Waals surface area contributed by atoms with Gasteiger partial charge in [0.05, 0.1) is 5.52 Å². The van der Waals surface area contributed by atoms with E-state index in [1.54, 1.807) is 18.2 Å². The number of nitrogens with zero attached hydrogens (tertiary/aromatic N) is 1. The molecule has 0 atom stereocenters. The van der Waals surface area contributed by atoms with Crippen LogP contribution in [0.2, 0.25) is 0 Å². The molecule has 0 aliphatic carbocycles. The Bertz CT molecular complexity index is 909. The van der Waals surface area contributed by atoms with E-state index < -0.39 is 11.8 Å². The van der Waals surface area contributed by atoms with Gasteiger partial charge in [0.15, 0.2) is 5.82 Å². The van der Waals surface area contributed by atoms with Crippen molar-refractivity contribution in [2.45, 2.75) is 6.61 Å². The second-order valence-electron chi connectivity index (χ2n) is 4.77. The van der Waals surface area contributed by atoms with E-state index in [0.29, 0.717) is 10.9 Å². The average molecular weight is 374 g/mol. The number of fused-ring (bicyclic) bond motifs is 1. The van der Waals surface area contributed by atoms with Gasteiger partial charge >= 0.3 is 11.8 Å². The summed E-state index contributed by atoms with van der Waals surface area (Å²) in [5.41, 5.74) is 0.902. The van der Waals surface area contributed by atoms with Crippen molar-refractivity contribution < 1.29 is 9.53 Å². The quantitative estimate of drug-likeness (QED) is 0.736. The lowest BCUT2D eigenvalue weighted by Gasteiger charge is -2.08. The lowest BCUT2D eigenvalue weighted by Crippen LogP contribution is -2.19. The maximum absolute atomic E-state index is 11.9. The zero-order valence-electron chi connectivity index (χ0n) is 11.9. The SMILES string of the molecule is O=C(Nc1nc(=O)[nH]c2ccc(Br)cc12)OCc1ccccc1. The maximum Gasteiger partial charge on any atom is 0.413 e. The van der Waals surface area contributed by atoms with Gasteiger partial charge in [-0.1, -0.05) is 46.3 Å². The summed E-state index contributed by atoms with van der Waals surface area (Å²) in [6.07, 6.45) is -0.673. The fourth-order valence-electron chi connectivity index (χ4n) is 2.08. The van der Waals surface area contributed by atoms with Gasteiger partial charge in [-0.2, -0.15) is 4.98 Å². The molecule has 23 heavy (non-hydrogen) atoms. The van der Waals surface area contributed by atoms with Crippen LogP contribution in [0.15, 0.2) is 57.8 Å². The standard InChI is InChI=1S/C16H12BrN3O3/c17-11-6-7-13-12(8-11)14(19-15(21)18-13)20-16(22)23-9-10-4-2-1-3-5-10/h1-8H,9H2,(H2,18,19,20,21,22). The Balaban J connectivity index is 1.79. The summed E-state index contributed by atoms with van der Waals surface area (Å²) >= 11 is 3.35. The first-order chi connectivity index (χ1) is 11.1. The molecule has 0 spiro atoms. The molecule has 0 saturated carbocycles. The summed E-state index contributed by atoms with van der Waals surface area (Å²) in [5.74, 6) is 0.156. The number of rotatable bonds is 3. The highest BCUT2D eigenvalue weighted by Gasteiger charge is 2.10. The van der Waals surface area contributed by atoms with Crippen LogP contribution in [-0.2, 0) is 11.3 Å². The van der Waals surface area contributed by atoms with E-state index in [9.17, 15) is 9.59 Å². The normalized spacial score (nSPS) is 10.5. The lowest BCUT2D eigenvalue weighted by molar-refractivity contribution is 0.155. The molecular formula is C16H12BrN3O3. The first kappa shape index (κ1) is 15.2. The molecule has 0 fully saturated rings. The van der Waals surface area contributed by atoms with Gasteiger partial charge < -0.3 is 9.72 Å². The van der Waals surface area contributed by atoms with Gasteiger partial charge in [0, 0.05) is 9.86 Å². The van der Waals surface area contributed by atoms with E-state index in [1.807, 2.05) is 30.3 Å². The predicted molar refractivity (Wildman–Crippen MR) is 90.3 cm³/mol. The first-order valence-electron chi connectivity index (χ1n) is 6.79. The van der Waals surface area contributed by atoms with Crippen molar-refractivity contribution in [1.82, 2.24) is 9.97 Å². The molecule has 116 valence electrons. The van der Waals surface area contributed by atoms with Crippen LogP contribution in [0, 0.1) is 0 Å². The minimum atomic E-state index is -0.673. The van der Waals surface area contributed by atoms with Gasteiger partial charge in [-0.05, 0) is 23.8 Å². The topological polar surface area (TPSA) is 84.1 Å². The molecule has 3 aromatic rings. The molecule has 7 heteroatoms. The third-order valence-corrected chi connectivity index (χ3v) is 3.62. The Morgan fingerprint density at radius 1 is 1.22 bits per heavy atom. The third kappa shape index (κ3) is 3.75. The number of aromatic amines is 1. The molecule has 2 N–H and O–H groups in total. The molecule has 0 aliphatic rings.